The topological polar surface area (TPSA) is 95.4 Å². The molecule has 0 amide bonds. The highest BCUT2D eigenvalue weighted by Crippen LogP contribution is 2.68. The third-order valence-corrected chi connectivity index (χ3v) is 12.3. The number of rotatable bonds is 5. The number of H-pyrrole nitrogens is 1. The van der Waals surface area contributed by atoms with Gasteiger partial charge in [0.25, 0.3) is 5.56 Å². The molecule has 4 aliphatic rings. The number of ether oxygens (including phenoxy) is 1. The predicted molar refractivity (Wildman–Crippen MR) is 149 cm³/mol. The van der Waals surface area contributed by atoms with Crippen LogP contribution in [-0.4, -0.2) is 39.5 Å². The van der Waals surface area contributed by atoms with Crippen LogP contribution in [-0.2, 0) is 6.42 Å². The number of nitrogens with one attached hydrogen (secondary N) is 1. The summed E-state index contributed by atoms with van der Waals surface area (Å²) in [5.74, 6) is 4.84. The Morgan fingerprint density at radius 1 is 1.11 bits per heavy atom. The van der Waals surface area contributed by atoms with E-state index in [1.165, 1.54) is 25.7 Å². The van der Waals surface area contributed by atoms with Gasteiger partial charge in [0.05, 0.1) is 30.2 Å². The summed E-state index contributed by atoms with van der Waals surface area (Å²) in [6, 6.07) is 5.40. The van der Waals surface area contributed by atoms with Gasteiger partial charge < -0.3 is 19.9 Å². The lowest BCUT2D eigenvalue weighted by Gasteiger charge is -2.62. The van der Waals surface area contributed by atoms with Crippen LogP contribution in [0, 0.1) is 46.3 Å². The highest BCUT2D eigenvalue weighted by Gasteiger charge is 2.63. The summed E-state index contributed by atoms with van der Waals surface area (Å²) in [6.45, 7) is 7.23. The van der Waals surface area contributed by atoms with Gasteiger partial charge in [0.15, 0.2) is 0 Å². The molecule has 2 aromatic rings. The Morgan fingerprint density at radius 3 is 2.71 bits per heavy atom. The monoisotopic (exact) mass is 522 g/mol. The molecular formula is C32H46N2O4. The molecule has 0 spiro atoms. The molecule has 1 unspecified atom stereocenters. The van der Waals surface area contributed by atoms with E-state index in [1.54, 1.807) is 19.2 Å². The fourth-order valence-electron chi connectivity index (χ4n) is 10.1. The summed E-state index contributed by atoms with van der Waals surface area (Å²) in [5, 5.41) is 22.8. The normalized spacial score (nSPS) is 41.3. The van der Waals surface area contributed by atoms with Crippen molar-refractivity contribution in [1.29, 1.82) is 0 Å². The van der Waals surface area contributed by atoms with Gasteiger partial charge in [0.1, 0.15) is 11.6 Å². The molecule has 1 aromatic heterocycles. The molecule has 1 aromatic carbocycles. The van der Waals surface area contributed by atoms with E-state index in [1.807, 2.05) is 6.07 Å². The molecule has 38 heavy (non-hydrogen) atoms. The molecule has 4 aliphatic carbocycles. The highest BCUT2D eigenvalue weighted by atomic mass is 16.5. The molecule has 3 N–H and O–H groups in total. The predicted octanol–water partition coefficient (Wildman–Crippen LogP) is 5.49. The van der Waals surface area contributed by atoms with Gasteiger partial charge in [-0.1, -0.05) is 20.8 Å². The summed E-state index contributed by atoms with van der Waals surface area (Å²) in [7, 11) is 1.62. The Hall–Kier alpha value is -1.92. The fourth-order valence-corrected chi connectivity index (χ4v) is 10.1. The third kappa shape index (κ3) is 4.04. The Bertz CT molecular complexity index is 1240. The summed E-state index contributed by atoms with van der Waals surface area (Å²) in [4.78, 5) is 20.4. The highest BCUT2D eigenvalue weighted by molar-refractivity contribution is 5.79. The smallest absolute Gasteiger partial charge is 0.258 e. The lowest BCUT2D eigenvalue weighted by molar-refractivity contribution is -0.174. The quantitative estimate of drug-likeness (QED) is 0.483. The van der Waals surface area contributed by atoms with Crippen LogP contribution in [0.25, 0.3) is 10.9 Å². The molecular weight excluding hydrogens is 476 g/mol. The number of nitrogens with zero attached hydrogens (tertiary/aromatic N) is 1. The Morgan fingerprint density at radius 2 is 1.92 bits per heavy atom. The summed E-state index contributed by atoms with van der Waals surface area (Å²) >= 11 is 0. The van der Waals surface area contributed by atoms with Gasteiger partial charge >= 0.3 is 0 Å². The van der Waals surface area contributed by atoms with E-state index in [-0.39, 0.29) is 28.6 Å². The number of benzene rings is 1. The molecule has 4 fully saturated rings. The first-order valence-electron chi connectivity index (χ1n) is 15.1. The number of fused-ring (bicyclic) bond motifs is 6. The van der Waals surface area contributed by atoms with Crippen molar-refractivity contribution in [3.8, 4) is 5.75 Å². The second-order valence-electron chi connectivity index (χ2n) is 13.8. The first-order chi connectivity index (χ1) is 18.1. The van der Waals surface area contributed by atoms with Crippen LogP contribution < -0.4 is 10.3 Å². The molecule has 6 rings (SSSR count). The van der Waals surface area contributed by atoms with Crippen LogP contribution in [0.4, 0.5) is 0 Å². The summed E-state index contributed by atoms with van der Waals surface area (Å²) < 4.78 is 5.33. The number of aliphatic hydroxyl groups is 2. The molecule has 4 saturated carbocycles. The van der Waals surface area contributed by atoms with Gasteiger partial charge in [0, 0.05) is 12.5 Å². The van der Waals surface area contributed by atoms with Crippen LogP contribution >= 0.6 is 0 Å². The van der Waals surface area contributed by atoms with E-state index in [4.69, 9.17) is 9.72 Å². The number of aromatic nitrogens is 2. The van der Waals surface area contributed by atoms with Crippen molar-refractivity contribution in [2.24, 2.45) is 46.3 Å². The first-order valence-corrected chi connectivity index (χ1v) is 15.1. The van der Waals surface area contributed by atoms with Crippen LogP contribution in [0.1, 0.15) is 84.4 Å². The lowest BCUT2D eigenvalue weighted by Crippen LogP contribution is -2.58. The van der Waals surface area contributed by atoms with E-state index in [0.29, 0.717) is 52.2 Å². The Labute approximate surface area is 226 Å². The maximum Gasteiger partial charge on any atom is 0.258 e. The molecule has 0 bridgehead atoms. The Kier molecular flexibility index (Phi) is 6.66. The molecule has 1 heterocycles. The van der Waals surface area contributed by atoms with Gasteiger partial charge in [-0.25, -0.2) is 4.98 Å². The number of aryl methyl sites for hydroxylation is 1. The van der Waals surface area contributed by atoms with Crippen LogP contribution in [0.15, 0.2) is 23.0 Å². The minimum Gasteiger partial charge on any atom is -0.497 e. The zero-order chi connectivity index (χ0) is 26.8. The van der Waals surface area contributed by atoms with Crippen molar-refractivity contribution >= 4 is 10.9 Å². The fraction of sp³-hybridized carbons (Fsp3) is 0.750. The second kappa shape index (κ2) is 9.62. The van der Waals surface area contributed by atoms with Crippen molar-refractivity contribution in [3.05, 3.63) is 34.4 Å². The van der Waals surface area contributed by atoms with E-state index in [0.717, 1.165) is 44.3 Å². The second-order valence-corrected chi connectivity index (χ2v) is 13.8. The molecule has 0 aliphatic heterocycles. The number of hydrogen-bond acceptors (Lipinski definition) is 5. The SMILES string of the molecule is COc1ccc2c(=O)[nH]c(CC[C@@H](C)[C@H]3CC[C@H]4[C@@H]5CC[C@@H]6C[C@H](O)CC[C@]6(C)C5C[C@H](O)[C@]34C)nc2c1. The van der Waals surface area contributed by atoms with Crippen molar-refractivity contribution < 1.29 is 14.9 Å². The average molecular weight is 523 g/mol. The maximum absolute atomic E-state index is 12.7. The number of hydrogen-bond donors (Lipinski definition) is 3. The summed E-state index contributed by atoms with van der Waals surface area (Å²) in [5.41, 5.74) is 0.804. The van der Waals surface area contributed by atoms with E-state index in [2.05, 4.69) is 25.8 Å². The number of methoxy groups -OCH3 is 1. The van der Waals surface area contributed by atoms with Gasteiger partial charge in [-0.2, -0.15) is 0 Å². The third-order valence-electron chi connectivity index (χ3n) is 12.3. The zero-order valence-electron chi connectivity index (χ0n) is 23.6. The van der Waals surface area contributed by atoms with Gasteiger partial charge in [-0.05, 0) is 116 Å². The molecule has 208 valence electrons. The van der Waals surface area contributed by atoms with E-state index in [9.17, 15) is 15.0 Å². The van der Waals surface area contributed by atoms with Crippen molar-refractivity contribution in [2.75, 3.05) is 7.11 Å². The minimum absolute atomic E-state index is 0.0461. The molecule has 0 saturated heterocycles. The Balaban J connectivity index is 1.19. The van der Waals surface area contributed by atoms with Crippen LogP contribution in [0.5, 0.6) is 5.75 Å². The standard InChI is InChI=1S/C32H46N2O4/c1-18(5-12-29-33-27-16-21(38-4)7-9-23(27)30(37)34-29)24-10-11-25-22-8-6-19-15-20(35)13-14-31(19,2)26(22)17-28(36)32(24,25)3/h7,9,16,18-20,22,24-26,28,35-36H,5-6,8,10-15,17H2,1-4H3,(H,33,34,37)/t18-,19-,20-,22+,24-,25+,26?,28+,31+,32-/m1/s1. The van der Waals surface area contributed by atoms with E-state index >= 15 is 0 Å². The van der Waals surface area contributed by atoms with Gasteiger partial charge in [-0.15, -0.1) is 0 Å². The van der Waals surface area contributed by atoms with Crippen LogP contribution in [0.2, 0.25) is 0 Å². The summed E-state index contributed by atoms with van der Waals surface area (Å²) in [6.07, 6.45) is 10.1. The largest absolute Gasteiger partial charge is 0.497 e. The van der Waals surface area contributed by atoms with Crippen molar-refractivity contribution in [3.63, 3.8) is 0 Å². The van der Waals surface area contributed by atoms with Crippen LogP contribution in [0.3, 0.4) is 0 Å². The van der Waals surface area contributed by atoms with Gasteiger partial charge in [-0.3, -0.25) is 4.79 Å². The minimum atomic E-state index is -0.266. The maximum atomic E-state index is 12.7. The van der Waals surface area contributed by atoms with Crippen molar-refractivity contribution in [2.45, 2.75) is 97.2 Å². The molecule has 0 radical (unpaired) electrons. The molecule has 10 atom stereocenters. The number of aromatic amines is 1. The average Bonchev–Trinajstić information content (AvgIpc) is 3.26. The molecule has 6 heteroatoms. The zero-order valence-corrected chi connectivity index (χ0v) is 23.6. The van der Waals surface area contributed by atoms with Gasteiger partial charge in [0.2, 0.25) is 0 Å². The van der Waals surface area contributed by atoms with E-state index < -0.39 is 0 Å². The first kappa shape index (κ1) is 26.3. The van der Waals surface area contributed by atoms with Crippen molar-refractivity contribution in [1.82, 2.24) is 9.97 Å². The molecule has 6 nitrogen and oxygen atoms in total. The number of aliphatic hydroxyl groups excluding tert-OH is 2. The lowest BCUT2D eigenvalue weighted by atomic mass is 9.43.